The van der Waals surface area contributed by atoms with Crippen LogP contribution < -0.4 is 10.1 Å². The van der Waals surface area contributed by atoms with Crippen LogP contribution in [0.5, 0.6) is 5.75 Å². The molecule has 4 nitrogen and oxygen atoms in total. The molecule has 1 N–H and O–H groups in total. The van der Waals surface area contributed by atoms with E-state index in [1.54, 1.807) is 0 Å². The first-order valence-corrected chi connectivity index (χ1v) is 7.16. The van der Waals surface area contributed by atoms with Gasteiger partial charge in [-0.2, -0.15) is 0 Å². The van der Waals surface area contributed by atoms with Gasteiger partial charge in [0.15, 0.2) is 0 Å². The summed E-state index contributed by atoms with van der Waals surface area (Å²) in [6, 6.07) is 8.30. The molecule has 1 aromatic carbocycles. The normalized spacial score (nSPS) is 18.1. The van der Waals surface area contributed by atoms with Crippen molar-refractivity contribution in [3.8, 4) is 17.0 Å². The summed E-state index contributed by atoms with van der Waals surface area (Å²) in [5.41, 5.74) is 2.88. The van der Waals surface area contributed by atoms with E-state index in [1.807, 2.05) is 43.6 Å². The van der Waals surface area contributed by atoms with Crippen LogP contribution in [0.1, 0.15) is 31.5 Å². The number of ether oxygens (including phenoxy) is 1. The zero-order valence-electron chi connectivity index (χ0n) is 11.7. The molecule has 0 amide bonds. The Kier molecular flexibility index (Phi) is 3.92. The van der Waals surface area contributed by atoms with Crippen molar-refractivity contribution in [1.82, 2.24) is 15.3 Å². The fourth-order valence-electron chi connectivity index (χ4n) is 2.55. The van der Waals surface area contributed by atoms with Crippen LogP contribution in [0.2, 0.25) is 0 Å². The maximum atomic E-state index is 5.64. The highest BCUT2D eigenvalue weighted by Gasteiger charge is 2.18. The summed E-state index contributed by atoms with van der Waals surface area (Å²) in [6.07, 6.45) is 6.07. The van der Waals surface area contributed by atoms with Crippen LogP contribution >= 0.6 is 0 Å². The molecule has 2 heterocycles. The van der Waals surface area contributed by atoms with E-state index in [4.69, 9.17) is 4.74 Å². The van der Waals surface area contributed by atoms with Crippen LogP contribution in [-0.2, 0) is 0 Å². The number of nitrogens with one attached hydrogen (secondary N) is 1. The molecule has 0 bridgehead atoms. The van der Waals surface area contributed by atoms with Gasteiger partial charge in [0.1, 0.15) is 5.75 Å². The van der Waals surface area contributed by atoms with Gasteiger partial charge in [-0.1, -0.05) is 12.1 Å². The van der Waals surface area contributed by atoms with Crippen molar-refractivity contribution >= 4 is 0 Å². The lowest BCUT2D eigenvalue weighted by atomic mass is 10.1. The van der Waals surface area contributed by atoms with Crippen molar-refractivity contribution < 1.29 is 4.74 Å². The van der Waals surface area contributed by atoms with Crippen molar-refractivity contribution in [1.29, 1.82) is 0 Å². The fourth-order valence-corrected chi connectivity index (χ4v) is 2.55. The van der Waals surface area contributed by atoms with E-state index in [0.717, 1.165) is 35.7 Å². The van der Waals surface area contributed by atoms with Gasteiger partial charge in [0.05, 0.1) is 36.4 Å². The first-order chi connectivity index (χ1) is 9.88. The molecule has 1 unspecified atom stereocenters. The van der Waals surface area contributed by atoms with Gasteiger partial charge >= 0.3 is 0 Å². The molecule has 0 saturated carbocycles. The third-order valence-corrected chi connectivity index (χ3v) is 3.55. The smallest absolute Gasteiger partial charge is 0.128 e. The lowest BCUT2D eigenvalue weighted by molar-refractivity contribution is 0.341. The number of para-hydroxylation sites is 1. The molecule has 1 fully saturated rings. The second kappa shape index (κ2) is 6.01. The highest BCUT2D eigenvalue weighted by molar-refractivity contribution is 5.66. The van der Waals surface area contributed by atoms with E-state index in [1.165, 1.54) is 6.42 Å². The molecule has 104 valence electrons. The summed E-state index contributed by atoms with van der Waals surface area (Å²) >= 11 is 0. The van der Waals surface area contributed by atoms with Crippen molar-refractivity contribution in [2.75, 3.05) is 13.2 Å². The van der Waals surface area contributed by atoms with Crippen LogP contribution in [0, 0.1) is 0 Å². The zero-order valence-corrected chi connectivity index (χ0v) is 11.7. The predicted molar refractivity (Wildman–Crippen MR) is 78.6 cm³/mol. The molecule has 1 aromatic heterocycles. The Labute approximate surface area is 119 Å². The summed E-state index contributed by atoms with van der Waals surface area (Å²) < 4.78 is 5.64. The second-order valence-electron chi connectivity index (χ2n) is 4.90. The van der Waals surface area contributed by atoms with Crippen LogP contribution in [-0.4, -0.2) is 23.1 Å². The van der Waals surface area contributed by atoms with Crippen LogP contribution in [0.25, 0.3) is 11.3 Å². The minimum Gasteiger partial charge on any atom is -0.493 e. The van der Waals surface area contributed by atoms with E-state index in [2.05, 4.69) is 15.3 Å². The van der Waals surface area contributed by atoms with Gasteiger partial charge in [-0.15, -0.1) is 0 Å². The highest BCUT2D eigenvalue weighted by Crippen LogP contribution is 2.28. The average Bonchev–Trinajstić information content (AvgIpc) is 3.03. The van der Waals surface area contributed by atoms with Gasteiger partial charge in [0, 0.05) is 5.56 Å². The molecule has 1 aliphatic heterocycles. The molecule has 4 heteroatoms. The van der Waals surface area contributed by atoms with E-state index in [0.29, 0.717) is 12.6 Å². The monoisotopic (exact) mass is 269 g/mol. The van der Waals surface area contributed by atoms with E-state index in [-0.39, 0.29) is 0 Å². The fraction of sp³-hybridized carbons (Fsp3) is 0.375. The first-order valence-electron chi connectivity index (χ1n) is 7.16. The van der Waals surface area contributed by atoms with Gasteiger partial charge in [-0.25, -0.2) is 0 Å². The summed E-state index contributed by atoms with van der Waals surface area (Å²) in [5, 5.41) is 3.44. The molecule has 1 atom stereocenters. The number of aromatic nitrogens is 2. The molecule has 1 saturated heterocycles. The number of rotatable bonds is 4. The molecule has 0 aliphatic carbocycles. The Morgan fingerprint density at radius 1 is 1.25 bits per heavy atom. The standard InChI is InChI=1S/C16H19N3O/c1-2-20-16-8-4-3-6-12(16)14-10-19-15(11-18-14)13-7-5-9-17-13/h3-4,6,8,10-11,13,17H,2,5,7,9H2,1H3. The number of benzene rings is 1. The number of hydrogen-bond acceptors (Lipinski definition) is 4. The number of hydrogen-bond donors (Lipinski definition) is 1. The summed E-state index contributed by atoms with van der Waals surface area (Å²) in [6.45, 7) is 3.70. The van der Waals surface area contributed by atoms with Gasteiger partial charge < -0.3 is 10.1 Å². The quantitative estimate of drug-likeness (QED) is 0.927. The molecule has 3 rings (SSSR count). The van der Waals surface area contributed by atoms with E-state index < -0.39 is 0 Å². The average molecular weight is 269 g/mol. The van der Waals surface area contributed by atoms with Gasteiger partial charge in [-0.3, -0.25) is 9.97 Å². The Morgan fingerprint density at radius 2 is 2.15 bits per heavy atom. The van der Waals surface area contributed by atoms with Crippen molar-refractivity contribution in [3.05, 3.63) is 42.4 Å². The van der Waals surface area contributed by atoms with Crippen LogP contribution in [0.4, 0.5) is 0 Å². The van der Waals surface area contributed by atoms with E-state index in [9.17, 15) is 0 Å². The maximum Gasteiger partial charge on any atom is 0.128 e. The largest absolute Gasteiger partial charge is 0.493 e. The predicted octanol–water partition coefficient (Wildman–Crippen LogP) is 2.97. The minimum absolute atomic E-state index is 0.360. The Bertz CT molecular complexity index is 562. The van der Waals surface area contributed by atoms with Crippen LogP contribution in [0.3, 0.4) is 0 Å². The Balaban J connectivity index is 1.87. The summed E-state index contributed by atoms with van der Waals surface area (Å²) in [5.74, 6) is 0.857. The van der Waals surface area contributed by atoms with Gasteiger partial charge in [0.2, 0.25) is 0 Å². The maximum absolute atomic E-state index is 5.64. The number of nitrogens with zero attached hydrogens (tertiary/aromatic N) is 2. The molecule has 0 radical (unpaired) electrons. The lowest BCUT2D eigenvalue weighted by Gasteiger charge is -2.11. The molecular formula is C16H19N3O. The minimum atomic E-state index is 0.360. The van der Waals surface area contributed by atoms with Gasteiger partial charge in [-0.05, 0) is 38.4 Å². The molecule has 1 aliphatic rings. The first kappa shape index (κ1) is 13.1. The molecule has 2 aromatic rings. The summed E-state index contributed by atoms with van der Waals surface area (Å²) in [7, 11) is 0. The van der Waals surface area contributed by atoms with Crippen molar-refractivity contribution in [2.24, 2.45) is 0 Å². The third-order valence-electron chi connectivity index (χ3n) is 3.55. The zero-order chi connectivity index (χ0) is 13.8. The Morgan fingerprint density at radius 3 is 2.85 bits per heavy atom. The SMILES string of the molecule is CCOc1ccccc1-c1cnc(C2CCCN2)cn1. The molecular weight excluding hydrogens is 250 g/mol. The van der Waals surface area contributed by atoms with Crippen molar-refractivity contribution in [3.63, 3.8) is 0 Å². The lowest BCUT2D eigenvalue weighted by Crippen LogP contribution is -2.14. The topological polar surface area (TPSA) is 47.0 Å². The van der Waals surface area contributed by atoms with Crippen LogP contribution in [0.15, 0.2) is 36.7 Å². The molecule has 20 heavy (non-hydrogen) atoms. The molecule has 0 spiro atoms. The highest BCUT2D eigenvalue weighted by atomic mass is 16.5. The Hall–Kier alpha value is -1.94. The van der Waals surface area contributed by atoms with Gasteiger partial charge in [0.25, 0.3) is 0 Å². The third kappa shape index (κ3) is 2.65. The summed E-state index contributed by atoms with van der Waals surface area (Å²) in [4.78, 5) is 9.11. The van der Waals surface area contributed by atoms with Crippen molar-refractivity contribution in [2.45, 2.75) is 25.8 Å². The second-order valence-corrected chi connectivity index (χ2v) is 4.90. The van der Waals surface area contributed by atoms with E-state index >= 15 is 0 Å².